The van der Waals surface area contributed by atoms with Crippen LogP contribution in [0.3, 0.4) is 0 Å². The van der Waals surface area contributed by atoms with Crippen LogP contribution in [-0.2, 0) is 4.79 Å². The van der Waals surface area contributed by atoms with Gasteiger partial charge in [0, 0.05) is 6.04 Å². The second-order valence-electron chi connectivity index (χ2n) is 4.05. The molecule has 1 fully saturated rings. The van der Waals surface area contributed by atoms with Gasteiger partial charge in [-0.05, 0) is 32.2 Å². The fraction of sp³-hybridized carbons (Fsp3) is 0.909. The molecule has 1 saturated heterocycles. The van der Waals surface area contributed by atoms with E-state index in [1.807, 2.05) is 0 Å². The van der Waals surface area contributed by atoms with E-state index in [-0.39, 0.29) is 11.9 Å². The van der Waals surface area contributed by atoms with Crippen LogP contribution in [0.4, 0.5) is 0 Å². The van der Waals surface area contributed by atoms with E-state index >= 15 is 0 Å². The summed E-state index contributed by atoms with van der Waals surface area (Å²) in [6.07, 6.45) is 5.38. The Morgan fingerprint density at radius 3 is 2.86 bits per heavy atom. The zero-order chi connectivity index (χ0) is 10.4. The molecule has 0 aromatic carbocycles. The van der Waals surface area contributed by atoms with Gasteiger partial charge in [-0.2, -0.15) is 0 Å². The predicted octanol–water partition coefficient (Wildman–Crippen LogP) is 1.43. The minimum absolute atomic E-state index is 0.0703. The van der Waals surface area contributed by atoms with Crippen molar-refractivity contribution in [1.82, 2.24) is 10.6 Å². The average Bonchev–Trinajstić information content (AvgIpc) is 2.69. The molecule has 0 spiro atoms. The van der Waals surface area contributed by atoms with E-state index in [9.17, 15) is 4.79 Å². The first-order valence-electron chi connectivity index (χ1n) is 5.81. The van der Waals surface area contributed by atoms with Gasteiger partial charge >= 0.3 is 0 Å². The van der Waals surface area contributed by atoms with Crippen LogP contribution in [-0.4, -0.2) is 24.5 Å². The Hall–Kier alpha value is -0.570. The third-order valence-corrected chi connectivity index (χ3v) is 2.85. The van der Waals surface area contributed by atoms with Gasteiger partial charge in [0.05, 0.1) is 6.04 Å². The molecule has 1 amide bonds. The minimum Gasteiger partial charge on any atom is -0.352 e. The number of rotatable bonds is 5. The first kappa shape index (κ1) is 11.5. The predicted molar refractivity (Wildman–Crippen MR) is 58.2 cm³/mol. The third kappa shape index (κ3) is 3.29. The van der Waals surface area contributed by atoms with Crippen LogP contribution in [0.1, 0.15) is 46.0 Å². The van der Waals surface area contributed by atoms with Crippen LogP contribution in [0.2, 0.25) is 0 Å². The molecule has 14 heavy (non-hydrogen) atoms. The lowest BCUT2D eigenvalue weighted by molar-refractivity contribution is -0.123. The van der Waals surface area contributed by atoms with E-state index in [0.717, 1.165) is 38.6 Å². The van der Waals surface area contributed by atoms with E-state index in [1.54, 1.807) is 0 Å². The molecule has 3 nitrogen and oxygen atoms in total. The Balaban J connectivity index is 2.29. The molecular weight excluding hydrogens is 176 g/mol. The average molecular weight is 198 g/mol. The largest absolute Gasteiger partial charge is 0.352 e. The number of carbonyl (C=O) groups excluding carboxylic acids is 1. The first-order valence-corrected chi connectivity index (χ1v) is 5.81. The van der Waals surface area contributed by atoms with Crippen molar-refractivity contribution in [3.8, 4) is 0 Å². The van der Waals surface area contributed by atoms with Crippen molar-refractivity contribution in [3.05, 3.63) is 0 Å². The molecule has 0 aliphatic carbocycles. The highest BCUT2D eigenvalue weighted by Crippen LogP contribution is 2.07. The van der Waals surface area contributed by atoms with Crippen molar-refractivity contribution in [2.45, 2.75) is 58.0 Å². The van der Waals surface area contributed by atoms with E-state index < -0.39 is 0 Å². The summed E-state index contributed by atoms with van der Waals surface area (Å²) in [5, 5.41) is 6.32. The normalized spacial score (nSPS) is 23.4. The Morgan fingerprint density at radius 1 is 1.57 bits per heavy atom. The number of hydrogen-bond donors (Lipinski definition) is 2. The summed E-state index contributed by atoms with van der Waals surface area (Å²) in [6.45, 7) is 5.27. The first-order chi connectivity index (χ1) is 6.77. The molecule has 1 unspecified atom stereocenters. The maximum atomic E-state index is 11.7. The fourth-order valence-corrected chi connectivity index (χ4v) is 1.94. The molecule has 3 heteroatoms. The van der Waals surface area contributed by atoms with Crippen molar-refractivity contribution < 1.29 is 4.79 Å². The van der Waals surface area contributed by atoms with Gasteiger partial charge in [-0.3, -0.25) is 4.79 Å². The van der Waals surface area contributed by atoms with Crippen molar-refractivity contribution in [3.63, 3.8) is 0 Å². The Labute approximate surface area is 86.6 Å². The van der Waals surface area contributed by atoms with Crippen LogP contribution in [0.5, 0.6) is 0 Å². The van der Waals surface area contributed by atoms with Gasteiger partial charge in [0.25, 0.3) is 0 Å². The zero-order valence-corrected chi connectivity index (χ0v) is 9.31. The highest BCUT2D eigenvalue weighted by atomic mass is 16.2. The Morgan fingerprint density at radius 2 is 2.36 bits per heavy atom. The smallest absolute Gasteiger partial charge is 0.237 e. The maximum Gasteiger partial charge on any atom is 0.237 e. The molecule has 1 aliphatic rings. The van der Waals surface area contributed by atoms with Crippen LogP contribution in [0, 0.1) is 0 Å². The van der Waals surface area contributed by atoms with Crippen LogP contribution >= 0.6 is 0 Å². The van der Waals surface area contributed by atoms with E-state index in [2.05, 4.69) is 24.5 Å². The Bertz CT molecular complexity index is 176. The lowest BCUT2D eigenvalue weighted by Crippen LogP contribution is -2.44. The van der Waals surface area contributed by atoms with Gasteiger partial charge in [0.2, 0.25) is 5.91 Å². The van der Waals surface area contributed by atoms with Gasteiger partial charge < -0.3 is 10.6 Å². The SMILES string of the molecule is CCCC(CC)NC(=O)[C@H]1CCCN1. The number of nitrogens with one attached hydrogen (secondary N) is 2. The zero-order valence-electron chi connectivity index (χ0n) is 9.31. The second kappa shape index (κ2) is 6.02. The fourth-order valence-electron chi connectivity index (χ4n) is 1.94. The lowest BCUT2D eigenvalue weighted by atomic mass is 10.1. The highest BCUT2D eigenvalue weighted by molar-refractivity contribution is 5.82. The monoisotopic (exact) mass is 198 g/mol. The molecule has 2 N–H and O–H groups in total. The van der Waals surface area contributed by atoms with Crippen molar-refractivity contribution in [2.75, 3.05) is 6.54 Å². The van der Waals surface area contributed by atoms with Gasteiger partial charge in [0.15, 0.2) is 0 Å². The standard InChI is InChI=1S/C11H22N2O/c1-3-6-9(4-2)13-11(14)10-7-5-8-12-10/h9-10,12H,3-8H2,1-2H3,(H,13,14)/t9?,10-/m1/s1. The summed E-state index contributed by atoms with van der Waals surface area (Å²) < 4.78 is 0. The minimum atomic E-state index is 0.0703. The number of amides is 1. The van der Waals surface area contributed by atoms with Gasteiger partial charge in [-0.25, -0.2) is 0 Å². The molecule has 0 aromatic rings. The molecule has 0 bridgehead atoms. The summed E-state index contributed by atoms with van der Waals surface area (Å²) in [7, 11) is 0. The van der Waals surface area contributed by atoms with E-state index in [1.165, 1.54) is 0 Å². The van der Waals surface area contributed by atoms with E-state index in [4.69, 9.17) is 0 Å². The molecule has 0 aromatic heterocycles. The summed E-state index contributed by atoms with van der Waals surface area (Å²) >= 11 is 0. The van der Waals surface area contributed by atoms with Gasteiger partial charge in [-0.15, -0.1) is 0 Å². The molecule has 1 aliphatic heterocycles. The maximum absolute atomic E-state index is 11.7. The molecule has 2 atom stereocenters. The molecule has 0 radical (unpaired) electrons. The number of carbonyl (C=O) groups is 1. The van der Waals surface area contributed by atoms with Crippen molar-refractivity contribution in [2.24, 2.45) is 0 Å². The summed E-state index contributed by atoms with van der Waals surface area (Å²) in [5.74, 6) is 0.197. The highest BCUT2D eigenvalue weighted by Gasteiger charge is 2.23. The topological polar surface area (TPSA) is 41.1 Å². The van der Waals surface area contributed by atoms with Crippen LogP contribution < -0.4 is 10.6 Å². The molecule has 1 heterocycles. The van der Waals surface area contributed by atoms with Crippen molar-refractivity contribution in [1.29, 1.82) is 0 Å². The lowest BCUT2D eigenvalue weighted by Gasteiger charge is -2.18. The molecule has 82 valence electrons. The quantitative estimate of drug-likeness (QED) is 0.701. The van der Waals surface area contributed by atoms with Gasteiger partial charge in [-0.1, -0.05) is 20.3 Å². The van der Waals surface area contributed by atoms with Crippen molar-refractivity contribution >= 4 is 5.91 Å². The van der Waals surface area contributed by atoms with E-state index in [0.29, 0.717) is 6.04 Å². The molecule has 1 rings (SSSR count). The van der Waals surface area contributed by atoms with Gasteiger partial charge in [0.1, 0.15) is 0 Å². The summed E-state index contributed by atoms with van der Waals surface area (Å²) in [4.78, 5) is 11.7. The van der Waals surface area contributed by atoms with Crippen LogP contribution in [0.25, 0.3) is 0 Å². The molecule has 0 saturated carbocycles. The third-order valence-electron chi connectivity index (χ3n) is 2.85. The van der Waals surface area contributed by atoms with Crippen LogP contribution in [0.15, 0.2) is 0 Å². The number of hydrogen-bond acceptors (Lipinski definition) is 2. The summed E-state index contributed by atoms with van der Waals surface area (Å²) in [5.41, 5.74) is 0. The summed E-state index contributed by atoms with van der Waals surface area (Å²) in [6, 6.07) is 0.441. The second-order valence-corrected chi connectivity index (χ2v) is 4.05. The molecular formula is C11H22N2O. The Kier molecular flexibility index (Phi) is 4.94.